The Kier molecular flexibility index (Phi) is 8.59. The number of carbonyl (C=O) groups excluding carboxylic acids is 3. The number of hydrogen-bond acceptors (Lipinski definition) is 6. The maximum atomic E-state index is 12.5. The Bertz CT molecular complexity index is 655. The first-order chi connectivity index (χ1) is 12.2. The van der Waals surface area contributed by atoms with Gasteiger partial charge in [-0.2, -0.15) is 12.6 Å². The number of amides is 3. The smallest absolute Gasteiger partial charge is 0.326 e. The molecule has 0 saturated heterocycles. The van der Waals surface area contributed by atoms with Gasteiger partial charge in [-0.1, -0.05) is 30.3 Å². The Morgan fingerprint density at radius 3 is 2.12 bits per heavy atom. The van der Waals surface area contributed by atoms with Crippen LogP contribution in [0, 0.1) is 0 Å². The van der Waals surface area contributed by atoms with E-state index in [4.69, 9.17) is 16.6 Å². The number of carboxylic acids is 1. The number of thiol groups is 1. The molecular formula is C16H22N4O5S. The third kappa shape index (κ3) is 7.11. The predicted octanol–water partition coefficient (Wildman–Crippen LogP) is -1.58. The van der Waals surface area contributed by atoms with E-state index in [9.17, 15) is 19.2 Å². The summed E-state index contributed by atoms with van der Waals surface area (Å²) in [6, 6.07) is 5.33. The van der Waals surface area contributed by atoms with Gasteiger partial charge in [-0.05, 0) is 5.56 Å². The zero-order chi connectivity index (χ0) is 19.7. The van der Waals surface area contributed by atoms with E-state index in [-0.39, 0.29) is 12.2 Å². The number of nitrogens with one attached hydrogen (secondary N) is 2. The second-order valence-electron chi connectivity index (χ2n) is 5.61. The summed E-state index contributed by atoms with van der Waals surface area (Å²) in [5, 5.41) is 13.8. The van der Waals surface area contributed by atoms with Gasteiger partial charge in [0, 0.05) is 12.2 Å². The standard InChI is InChI=1S/C16H22N4O5S/c17-10(8-26)14(22)19-11(6-9-4-2-1-3-5-9)15(23)20-12(16(24)25)7-13(18)21/h1-5,10-12,26H,6-8,17H2,(H2,18,21)(H,19,22)(H,20,23)(H,24,25). The fourth-order valence-corrected chi connectivity index (χ4v) is 2.26. The molecule has 0 aliphatic carbocycles. The van der Waals surface area contributed by atoms with Crippen LogP contribution in [-0.4, -0.2) is 52.7 Å². The number of carboxylic acid groups (broad SMARTS) is 1. The van der Waals surface area contributed by atoms with E-state index in [1.165, 1.54) is 0 Å². The normalized spacial score (nSPS) is 13.9. The van der Waals surface area contributed by atoms with Crippen LogP contribution in [0.25, 0.3) is 0 Å². The van der Waals surface area contributed by atoms with Crippen molar-refractivity contribution < 1.29 is 24.3 Å². The molecule has 0 aromatic heterocycles. The third-order valence-electron chi connectivity index (χ3n) is 3.47. The molecule has 0 fully saturated rings. The van der Waals surface area contributed by atoms with Gasteiger partial charge in [0.2, 0.25) is 17.7 Å². The maximum absolute atomic E-state index is 12.5. The van der Waals surface area contributed by atoms with Crippen LogP contribution >= 0.6 is 12.6 Å². The molecule has 0 heterocycles. The Labute approximate surface area is 155 Å². The molecule has 9 nitrogen and oxygen atoms in total. The summed E-state index contributed by atoms with van der Waals surface area (Å²) in [7, 11) is 0. The van der Waals surface area contributed by atoms with E-state index >= 15 is 0 Å². The zero-order valence-corrected chi connectivity index (χ0v) is 14.8. The maximum Gasteiger partial charge on any atom is 0.326 e. The van der Waals surface area contributed by atoms with Gasteiger partial charge >= 0.3 is 5.97 Å². The van der Waals surface area contributed by atoms with E-state index in [0.717, 1.165) is 5.56 Å². The highest BCUT2D eigenvalue weighted by atomic mass is 32.1. The summed E-state index contributed by atoms with van der Waals surface area (Å²) < 4.78 is 0. The molecule has 10 heteroatoms. The van der Waals surface area contributed by atoms with Crippen LogP contribution in [0.4, 0.5) is 0 Å². The lowest BCUT2D eigenvalue weighted by atomic mass is 10.0. The molecular weight excluding hydrogens is 360 g/mol. The molecule has 0 bridgehead atoms. The number of rotatable bonds is 10. The molecule has 3 unspecified atom stereocenters. The third-order valence-corrected chi connectivity index (χ3v) is 3.86. The van der Waals surface area contributed by atoms with E-state index < -0.39 is 48.2 Å². The van der Waals surface area contributed by atoms with Crippen molar-refractivity contribution in [3.8, 4) is 0 Å². The van der Waals surface area contributed by atoms with Gasteiger partial charge in [-0.15, -0.1) is 0 Å². The van der Waals surface area contributed by atoms with E-state index in [2.05, 4.69) is 23.3 Å². The molecule has 0 spiro atoms. The SMILES string of the molecule is NC(=O)CC(NC(=O)C(Cc1ccccc1)NC(=O)C(N)CS)C(=O)O. The molecule has 0 aliphatic heterocycles. The lowest BCUT2D eigenvalue weighted by Gasteiger charge is -2.22. The van der Waals surface area contributed by atoms with Crippen molar-refractivity contribution in [3.05, 3.63) is 35.9 Å². The summed E-state index contributed by atoms with van der Waals surface area (Å²) >= 11 is 3.93. The van der Waals surface area contributed by atoms with E-state index in [0.29, 0.717) is 0 Å². The minimum Gasteiger partial charge on any atom is -0.480 e. The van der Waals surface area contributed by atoms with Crippen LogP contribution in [0.5, 0.6) is 0 Å². The quantitative estimate of drug-likeness (QED) is 0.267. The molecule has 1 rings (SSSR count). The van der Waals surface area contributed by atoms with Crippen LogP contribution in [0.3, 0.4) is 0 Å². The summed E-state index contributed by atoms with van der Waals surface area (Å²) in [5.74, 6) is -3.57. The highest BCUT2D eigenvalue weighted by Gasteiger charge is 2.28. The predicted molar refractivity (Wildman–Crippen MR) is 97.3 cm³/mol. The second-order valence-corrected chi connectivity index (χ2v) is 5.97. The summed E-state index contributed by atoms with van der Waals surface area (Å²) in [6.45, 7) is 0. The van der Waals surface area contributed by atoms with Crippen molar-refractivity contribution in [2.45, 2.75) is 31.0 Å². The van der Waals surface area contributed by atoms with Crippen molar-refractivity contribution in [2.24, 2.45) is 11.5 Å². The monoisotopic (exact) mass is 382 g/mol. The first-order valence-corrected chi connectivity index (χ1v) is 8.40. The summed E-state index contributed by atoms with van der Waals surface area (Å²) in [4.78, 5) is 46.7. The minimum atomic E-state index is -1.49. The molecule has 0 aliphatic rings. The Hall–Kier alpha value is -2.59. The zero-order valence-electron chi connectivity index (χ0n) is 13.9. The van der Waals surface area contributed by atoms with E-state index in [1.54, 1.807) is 30.3 Å². The van der Waals surface area contributed by atoms with Crippen LogP contribution in [0.15, 0.2) is 30.3 Å². The van der Waals surface area contributed by atoms with Gasteiger partial charge in [0.15, 0.2) is 0 Å². The number of carbonyl (C=O) groups is 4. The highest BCUT2D eigenvalue weighted by Crippen LogP contribution is 2.05. The molecule has 7 N–H and O–H groups in total. The largest absolute Gasteiger partial charge is 0.480 e. The van der Waals surface area contributed by atoms with Gasteiger partial charge in [0.05, 0.1) is 12.5 Å². The van der Waals surface area contributed by atoms with Gasteiger partial charge in [-0.3, -0.25) is 14.4 Å². The van der Waals surface area contributed by atoms with Crippen LogP contribution in [-0.2, 0) is 25.6 Å². The molecule has 3 atom stereocenters. The molecule has 0 saturated carbocycles. The van der Waals surface area contributed by atoms with Gasteiger partial charge in [-0.25, -0.2) is 4.79 Å². The molecule has 26 heavy (non-hydrogen) atoms. The number of nitrogens with two attached hydrogens (primary N) is 2. The molecule has 3 amide bonds. The second kappa shape index (κ2) is 10.4. The lowest BCUT2D eigenvalue weighted by Crippen LogP contribution is -2.56. The molecule has 142 valence electrons. The topological polar surface area (TPSA) is 165 Å². The van der Waals surface area contributed by atoms with E-state index in [1.807, 2.05) is 0 Å². The van der Waals surface area contributed by atoms with Crippen molar-refractivity contribution in [3.63, 3.8) is 0 Å². The number of benzene rings is 1. The first-order valence-electron chi connectivity index (χ1n) is 7.76. The Balaban J connectivity index is 2.94. The number of primary amides is 1. The number of aliphatic carboxylic acids is 1. The fraction of sp³-hybridized carbons (Fsp3) is 0.375. The molecule has 1 aromatic carbocycles. The minimum absolute atomic E-state index is 0.0743. The number of hydrogen-bond donors (Lipinski definition) is 6. The van der Waals surface area contributed by atoms with Gasteiger partial charge < -0.3 is 27.2 Å². The van der Waals surface area contributed by atoms with Gasteiger partial charge in [0.1, 0.15) is 12.1 Å². The molecule has 1 aromatic rings. The van der Waals surface area contributed by atoms with Crippen molar-refractivity contribution in [1.82, 2.24) is 10.6 Å². The Morgan fingerprint density at radius 2 is 1.62 bits per heavy atom. The van der Waals surface area contributed by atoms with Crippen molar-refractivity contribution >= 4 is 36.3 Å². The van der Waals surface area contributed by atoms with Crippen LogP contribution in [0.1, 0.15) is 12.0 Å². The Morgan fingerprint density at radius 1 is 1.04 bits per heavy atom. The molecule has 0 radical (unpaired) electrons. The van der Waals surface area contributed by atoms with Crippen LogP contribution in [0.2, 0.25) is 0 Å². The van der Waals surface area contributed by atoms with Crippen molar-refractivity contribution in [2.75, 3.05) is 5.75 Å². The average Bonchev–Trinajstić information content (AvgIpc) is 2.60. The highest BCUT2D eigenvalue weighted by molar-refractivity contribution is 7.80. The first kappa shape index (κ1) is 21.5. The fourth-order valence-electron chi connectivity index (χ4n) is 2.09. The summed E-state index contributed by atoms with van der Waals surface area (Å²) in [6.07, 6.45) is -0.455. The average molecular weight is 382 g/mol. The van der Waals surface area contributed by atoms with Crippen molar-refractivity contribution in [1.29, 1.82) is 0 Å². The van der Waals surface area contributed by atoms with Crippen LogP contribution < -0.4 is 22.1 Å². The van der Waals surface area contributed by atoms with Gasteiger partial charge in [0.25, 0.3) is 0 Å². The summed E-state index contributed by atoms with van der Waals surface area (Å²) in [5.41, 5.74) is 11.3. The lowest BCUT2D eigenvalue weighted by molar-refractivity contribution is -0.143.